The van der Waals surface area contributed by atoms with E-state index < -0.39 is 5.97 Å². The van der Waals surface area contributed by atoms with Crippen molar-refractivity contribution in [2.75, 3.05) is 0 Å². The molecule has 0 fully saturated rings. The van der Waals surface area contributed by atoms with Crippen LogP contribution in [0.2, 0.25) is 0 Å². The molecule has 0 heterocycles. The Morgan fingerprint density at radius 3 is 1.74 bits per heavy atom. The lowest BCUT2D eigenvalue weighted by molar-refractivity contribution is -0.131. The number of rotatable bonds is 13. The number of allylic oxidation sites excluding steroid dienone is 1. The highest BCUT2D eigenvalue weighted by atomic mass is 35.5. The standard InChI is InChI=1S/C16H29ClO2/c1-2-3-4-5-6-7-8-9-10-11-12-13-14-15(17)16(18)19/h14H,2-13H2,1H3,(H,18,19). The molecule has 0 aromatic carbocycles. The molecule has 0 radical (unpaired) electrons. The van der Waals surface area contributed by atoms with Crippen LogP contribution in [0.25, 0.3) is 0 Å². The molecule has 112 valence electrons. The van der Waals surface area contributed by atoms with Gasteiger partial charge in [0, 0.05) is 0 Å². The molecule has 0 atom stereocenters. The van der Waals surface area contributed by atoms with Crippen molar-refractivity contribution in [3.8, 4) is 0 Å². The molecule has 0 aliphatic rings. The van der Waals surface area contributed by atoms with Gasteiger partial charge >= 0.3 is 5.97 Å². The van der Waals surface area contributed by atoms with Gasteiger partial charge in [0.05, 0.1) is 0 Å². The van der Waals surface area contributed by atoms with Crippen LogP contribution in [0.3, 0.4) is 0 Å². The maximum Gasteiger partial charge on any atom is 0.346 e. The van der Waals surface area contributed by atoms with E-state index in [1.807, 2.05) is 0 Å². The topological polar surface area (TPSA) is 37.3 Å². The molecular weight excluding hydrogens is 260 g/mol. The number of hydrogen-bond acceptors (Lipinski definition) is 1. The van der Waals surface area contributed by atoms with Crippen LogP contribution in [0.5, 0.6) is 0 Å². The first-order valence-corrected chi connectivity index (χ1v) is 8.15. The van der Waals surface area contributed by atoms with Crippen molar-refractivity contribution in [3.05, 3.63) is 11.1 Å². The molecular formula is C16H29ClO2. The van der Waals surface area contributed by atoms with E-state index >= 15 is 0 Å². The molecule has 0 aliphatic carbocycles. The van der Waals surface area contributed by atoms with E-state index in [0.29, 0.717) is 0 Å². The second kappa shape index (κ2) is 13.9. The first kappa shape index (κ1) is 18.5. The van der Waals surface area contributed by atoms with Crippen LogP contribution in [0, 0.1) is 0 Å². The summed E-state index contributed by atoms with van der Waals surface area (Å²) in [4.78, 5) is 10.4. The van der Waals surface area contributed by atoms with Crippen LogP contribution >= 0.6 is 11.6 Å². The van der Waals surface area contributed by atoms with Gasteiger partial charge in [-0.3, -0.25) is 0 Å². The number of aliphatic carboxylic acids is 1. The summed E-state index contributed by atoms with van der Waals surface area (Å²) in [6, 6.07) is 0. The zero-order valence-corrected chi connectivity index (χ0v) is 13.1. The second-order valence-electron chi connectivity index (χ2n) is 5.18. The van der Waals surface area contributed by atoms with Crippen molar-refractivity contribution in [1.29, 1.82) is 0 Å². The minimum absolute atomic E-state index is 0.0490. The second-order valence-corrected chi connectivity index (χ2v) is 5.59. The Balaban J connectivity index is 3.15. The minimum Gasteiger partial charge on any atom is -0.477 e. The molecule has 0 aliphatic heterocycles. The zero-order chi connectivity index (χ0) is 14.3. The van der Waals surface area contributed by atoms with E-state index in [9.17, 15) is 4.79 Å². The molecule has 0 aromatic heterocycles. The number of carboxylic acids is 1. The first-order chi connectivity index (χ1) is 9.18. The monoisotopic (exact) mass is 288 g/mol. The van der Waals surface area contributed by atoms with Crippen LogP contribution in [-0.4, -0.2) is 11.1 Å². The third-order valence-corrected chi connectivity index (χ3v) is 3.65. The van der Waals surface area contributed by atoms with E-state index in [2.05, 4.69) is 6.92 Å². The fraction of sp³-hybridized carbons (Fsp3) is 0.812. The summed E-state index contributed by atoms with van der Waals surface area (Å²) < 4.78 is 0. The summed E-state index contributed by atoms with van der Waals surface area (Å²) in [6.07, 6.45) is 16.8. The Morgan fingerprint density at radius 1 is 0.895 bits per heavy atom. The number of hydrogen-bond donors (Lipinski definition) is 1. The number of unbranched alkanes of at least 4 members (excludes halogenated alkanes) is 11. The lowest BCUT2D eigenvalue weighted by Gasteiger charge is -2.01. The van der Waals surface area contributed by atoms with E-state index in [1.54, 1.807) is 6.08 Å². The predicted octanol–water partition coefficient (Wildman–Crippen LogP) is 5.89. The molecule has 0 saturated heterocycles. The average Bonchev–Trinajstić information content (AvgIpc) is 2.39. The summed E-state index contributed by atoms with van der Waals surface area (Å²) >= 11 is 5.51. The van der Waals surface area contributed by atoms with E-state index in [0.717, 1.165) is 12.8 Å². The number of carboxylic acid groups (broad SMARTS) is 1. The van der Waals surface area contributed by atoms with Gasteiger partial charge < -0.3 is 5.11 Å². The van der Waals surface area contributed by atoms with E-state index in [-0.39, 0.29) is 5.03 Å². The van der Waals surface area contributed by atoms with Crippen LogP contribution < -0.4 is 0 Å². The fourth-order valence-electron chi connectivity index (χ4n) is 2.12. The summed E-state index contributed by atoms with van der Waals surface area (Å²) in [5.41, 5.74) is 0. The maximum absolute atomic E-state index is 10.4. The Morgan fingerprint density at radius 2 is 1.32 bits per heavy atom. The quantitative estimate of drug-likeness (QED) is 0.339. The van der Waals surface area contributed by atoms with E-state index in [1.165, 1.54) is 64.2 Å². The Kier molecular flexibility index (Phi) is 13.6. The number of halogens is 1. The number of carbonyl (C=O) groups is 1. The van der Waals surface area contributed by atoms with Crippen molar-refractivity contribution in [2.24, 2.45) is 0 Å². The van der Waals surface area contributed by atoms with Crippen molar-refractivity contribution in [2.45, 2.75) is 84.0 Å². The third-order valence-electron chi connectivity index (χ3n) is 3.34. The molecule has 2 nitrogen and oxygen atoms in total. The largest absolute Gasteiger partial charge is 0.477 e. The molecule has 0 aromatic rings. The van der Waals surface area contributed by atoms with Gasteiger partial charge in [0.1, 0.15) is 5.03 Å². The smallest absolute Gasteiger partial charge is 0.346 e. The van der Waals surface area contributed by atoms with Gasteiger partial charge in [-0.15, -0.1) is 0 Å². The first-order valence-electron chi connectivity index (χ1n) is 7.77. The average molecular weight is 289 g/mol. The minimum atomic E-state index is -1.02. The third kappa shape index (κ3) is 13.7. The molecule has 19 heavy (non-hydrogen) atoms. The van der Waals surface area contributed by atoms with Crippen LogP contribution in [0.15, 0.2) is 11.1 Å². The summed E-state index contributed by atoms with van der Waals surface area (Å²) in [5, 5.41) is 8.51. The highest BCUT2D eigenvalue weighted by Gasteiger charge is 2.00. The molecule has 0 amide bonds. The highest BCUT2D eigenvalue weighted by molar-refractivity contribution is 6.40. The summed E-state index contributed by atoms with van der Waals surface area (Å²) in [6.45, 7) is 2.25. The molecule has 0 spiro atoms. The molecule has 3 heteroatoms. The van der Waals surface area contributed by atoms with Crippen LogP contribution in [0.1, 0.15) is 84.0 Å². The molecule has 0 rings (SSSR count). The van der Waals surface area contributed by atoms with Gasteiger partial charge in [0.2, 0.25) is 0 Å². The van der Waals surface area contributed by atoms with Crippen LogP contribution in [0.4, 0.5) is 0 Å². The predicted molar refractivity (Wildman–Crippen MR) is 82.6 cm³/mol. The Bertz CT molecular complexity index is 249. The van der Waals surface area contributed by atoms with Crippen molar-refractivity contribution < 1.29 is 9.90 Å². The van der Waals surface area contributed by atoms with Crippen molar-refractivity contribution in [3.63, 3.8) is 0 Å². The van der Waals surface area contributed by atoms with Gasteiger partial charge in [0.15, 0.2) is 0 Å². The van der Waals surface area contributed by atoms with Gasteiger partial charge in [-0.1, -0.05) is 88.8 Å². The van der Waals surface area contributed by atoms with Gasteiger partial charge in [-0.05, 0) is 12.8 Å². The van der Waals surface area contributed by atoms with Gasteiger partial charge in [0.25, 0.3) is 0 Å². The van der Waals surface area contributed by atoms with Crippen LogP contribution in [-0.2, 0) is 4.79 Å². The van der Waals surface area contributed by atoms with Gasteiger partial charge in [-0.2, -0.15) is 0 Å². The fourth-order valence-corrected chi connectivity index (χ4v) is 2.23. The molecule has 0 saturated carbocycles. The molecule has 0 unspecified atom stereocenters. The van der Waals surface area contributed by atoms with E-state index in [4.69, 9.17) is 16.7 Å². The summed E-state index contributed by atoms with van der Waals surface area (Å²) in [5.74, 6) is -1.02. The SMILES string of the molecule is CCCCCCCCCCCCCC=C(Cl)C(=O)O. The zero-order valence-electron chi connectivity index (χ0n) is 12.3. The maximum atomic E-state index is 10.4. The lowest BCUT2D eigenvalue weighted by Crippen LogP contribution is -1.93. The lowest BCUT2D eigenvalue weighted by atomic mass is 10.1. The molecule has 0 bridgehead atoms. The molecule has 1 N–H and O–H groups in total. The van der Waals surface area contributed by atoms with Crippen molar-refractivity contribution in [1.82, 2.24) is 0 Å². The summed E-state index contributed by atoms with van der Waals surface area (Å²) in [7, 11) is 0. The Labute approximate surface area is 123 Å². The van der Waals surface area contributed by atoms with Crippen molar-refractivity contribution >= 4 is 17.6 Å². The normalized spacial score (nSPS) is 11.8. The Hall–Kier alpha value is -0.500. The van der Waals surface area contributed by atoms with Gasteiger partial charge in [-0.25, -0.2) is 4.79 Å². The highest BCUT2D eigenvalue weighted by Crippen LogP contribution is 2.12.